The molecule has 0 radical (unpaired) electrons. The highest BCUT2D eigenvalue weighted by Crippen LogP contribution is 2.26. The van der Waals surface area contributed by atoms with Crippen LogP contribution < -0.4 is 10.2 Å². The van der Waals surface area contributed by atoms with Gasteiger partial charge < -0.3 is 4.74 Å². The van der Waals surface area contributed by atoms with Crippen molar-refractivity contribution in [1.82, 2.24) is 5.43 Å². The summed E-state index contributed by atoms with van der Waals surface area (Å²) < 4.78 is 19.2. The van der Waals surface area contributed by atoms with Crippen LogP contribution in [0.15, 0.2) is 52.0 Å². The summed E-state index contributed by atoms with van der Waals surface area (Å²) in [7, 11) is 0. The van der Waals surface area contributed by atoms with Crippen LogP contribution in [0.3, 0.4) is 0 Å². The number of rotatable bonds is 6. The third kappa shape index (κ3) is 5.48. The predicted molar refractivity (Wildman–Crippen MR) is 90.8 cm³/mol. The summed E-state index contributed by atoms with van der Waals surface area (Å²) >= 11 is 3.40. The van der Waals surface area contributed by atoms with Gasteiger partial charge in [-0.1, -0.05) is 12.1 Å². The van der Waals surface area contributed by atoms with E-state index in [9.17, 15) is 9.18 Å². The monoisotopic (exact) mass is 389 g/mol. The number of nitriles is 1. The third-order valence-electron chi connectivity index (χ3n) is 2.91. The lowest BCUT2D eigenvalue weighted by Crippen LogP contribution is -2.16. The molecule has 0 aliphatic heterocycles. The summed E-state index contributed by atoms with van der Waals surface area (Å²) in [6.45, 7) is 0.316. The van der Waals surface area contributed by atoms with E-state index in [1.807, 2.05) is 0 Å². The highest BCUT2D eigenvalue weighted by molar-refractivity contribution is 9.10. The molecular weight excluding hydrogens is 377 g/mol. The molecule has 2 aromatic rings. The summed E-state index contributed by atoms with van der Waals surface area (Å²) in [4.78, 5) is 11.1. The maximum Gasteiger partial charge on any atom is 0.254 e. The van der Waals surface area contributed by atoms with E-state index >= 15 is 0 Å². The van der Waals surface area contributed by atoms with Crippen molar-refractivity contribution in [2.24, 2.45) is 5.10 Å². The maximum atomic E-state index is 12.9. The van der Waals surface area contributed by atoms with Gasteiger partial charge in [0.05, 0.1) is 16.8 Å². The molecule has 7 heteroatoms. The van der Waals surface area contributed by atoms with Crippen molar-refractivity contribution in [2.75, 3.05) is 0 Å². The van der Waals surface area contributed by atoms with Gasteiger partial charge in [-0.05, 0) is 57.4 Å². The number of halogens is 2. The average molecular weight is 390 g/mol. The van der Waals surface area contributed by atoms with Gasteiger partial charge in [0.2, 0.25) is 0 Å². The van der Waals surface area contributed by atoms with Gasteiger partial charge in [0.15, 0.2) is 0 Å². The van der Waals surface area contributed by atoms with E-state index in [1.54, 1.807) is 36.4 Å². The molecule has 0 unspecified atom stereocenters. The molecule has 0 spiro atoms. The highest BCUT2D eigenvalue weighted by atomic mass is 79.9. The normalized spacial score (nSPS) is 10.4. The standard InChI is InChI=1S/C17H13BrFN3O2/c18-15-9-13(10-21-22-17(23)7-8-20)3-6-16(15)24-11-12-1-4-14(19)5-2-12/h1-6,9-10H,7,11H2,(H,22,23)/b21-10-. The zero-order chi connectivity index (χ0) is 17.4. The second-order valence-corrected chi connectivity index (χ2v) is 5.59. The molecule has 0 fully saturated rings. The lowest BCUT2D eigenvalue weighted by atomic mass is 10.2. The van der Waals surface area contributed by atoms with Crippen LogP contribution in [-0.2, 0) is 11.4 Å². The van der Waals surface area contributed by atoms with Crippen LogP contribution in [0.2, 0.25) is 0 Å². The molecule has 0 saturated carbocycles. The smallest absolute Gasteiger partial charge is 0.254 e. The zero-order valence-corrected chi connectivity index (χ0v) is 14.1. The van der Waals surface area contributed by atoms with Crippen molar-refractivity contribution in [2.45, 2.75) is 13.0 Å². The van der Waals surface area contributed by atoms with Crippen LogP contribution in [0, 0.1) is 17.1 Å². The Bertz CT molecular complexity index is 785. The summed E-state index contributed by atoms with van der Waals surface area (Å²) in [5.74, 6) is -0.123. The Labute approximate surface area is 146 Å². The second-order valence-electron chi connectivity index (χ2n) is 4.73. The van der Waals surface area contributed by atoms with Crippen molar-refractivity contribution in [3.63, 3.8) is 0 Å². The number of hydrogen-bond donors (Lipinski definition) is 1. The number of carbonyl (C=O) groups is 1. The van der Waals surface area contributed by atoms with Crippen LogP contribution >= 0.6 is 15.9 Å². The zero-order valence-electron chi connectivity index (χ0n) is 12.5. The molecule has 24 heavy (non-hydrogen) atoms. The fraction of sp³-hybridized carbons (Fsp3) is 0.118. The number of benzene rings is 2. The molecule has 0 aromatic heterocycles. The van der Waals surface area contributed by atoms with Crippen molar-refractivity contribution in [3.05, 3.63) is 63.9 Å². The van der Waals surface area contributed by atoms with Crippen LogP contribution in [0.25, 0.3) is 0 Å². The van der Waals surface area contributed by atoms with Gasteiger partial charge in [0.25, 0.3) is 5.91 Å². The number of ether oxygens (including phenoxy) is 1. The Morgan fingerprint density at radius 1 is 1.33 bits per heavy atom. The fourth-order valence-electron chi connectivity index (χ4n) is 1.75. The molecule has 2 rings (SSSR count). The van der Waals surface area contributed by atoms with Crippen molar-refractivity contribution in [3.8, 4) is 11.8 Å². The number of nitrogens with zero attached hydrogens (tertiary/aromatic N) is 2. The molecule has 0 heterocycles. The quantitative estimate of drug-likeness (QED) is 0.606. The molecule has 0 aliphatic rings. The van der Waals surface area contributed by atoms with Gasteiger partial charge in [0, 0.05) is 0 Å². The van der Waals surface area contributed by atoms with Crippen LogP contribution in [0.5, 0.6) is 5.75 Å². The van der Waals surface area contributed by atoms with E-state index in [-0.39, 0.29) is 12.2 Å². The van der Waals surface area contributed by atoms with Gasteiger partial charge in [-0.2, -0.15) is 10.4 Å². The van der Waals surface area contributed by atoms with E-state index < -0.39 is 5.91 Å². The van der Waals surface area contributed by atoms with E-state index in [0.717, 1.165) is 15.6 Å². The molecule has 1 amide bonds. The number of nitrogens with one attached hydrogen (secondary N) is 1. The first-order chi connectivity index (χ1) is 11.6. The van der Waals surface area contributed by atoms with Gasteiger partial charge in [-0.15, -0.1) is 0 Å². The van der Waals surface area contributed by atoms with E-state index in [4.69, 9.17) is 10.00 Å². The molecule has 0 atom stereocenters. The van der Waals surface area contributed by atoms with Crippen LogP contribution in [0.4, 0.5) is 4.39 Å². The number of hydrazone groups is 1. The summed E-state index contributed by atoms with van der Waals surface area (Å²) in [6, 6.07) is 13.1. The number of amides is 1. The minimum Gasteiger partial charge on any atom is -0.488 e. The average Bonchev–Trinajstić information content (AvgIpc) is 2.56. The van der Waals surface area contributed by atoms with Gasteiger partial charge in [-0.25, -0.2) is 9.82 Å². The number of hydrogen-bond acceptors (Lipinski definition) is 4. The van der Waals surface area contributed by atoms with Gasteiger partial charge >= 0.3 is 0 Å². The molecule has 2 aromatic carbocycles. The molecular formula is C17H13BrFN3O2. The first-order valence-electron chi connectivity index (χ1n) is 6.94. The molecule has 122 valence electrons. The van der Waals surface area contributed by atoms with Crippen molar-refractivity contribution < 1.29 is 13.9 Å². The Hall–Kier alpha value is -2.72. The maximum absolute atomic E-state index is 12.9. The molecule has 5 nitrogen and oxygen atoms in total. The number of carbonyl (C=O) groups excluding carboxylic acids is 1. The van der Waals surface area contributed by atoms with E-state index in [2.05, 4.69) is 26.5 Å². The Kier molecular flexibility index (Phi) is 6.46. The molecule has 0 aliphatic carbocycles. The van der Waals surface area contributed by atoms with Gasteiger partial charge in [-0.3, -0.25) is 4.79 Å². The summed E-state index contributed by atoms with van der Waals surface area (Å²) in [5.41, 5.74) is 3.85. The minimum absolute atomic E-state index is 0.239. The van der Waals surface area contributed by atoms with Crippen molar-refractivity contribution >= 4 is 28.1 Å². The SMILES string of the molecule is N#CCC(=O)N/N=C\c1ccc(OCc2ccc(F)cc2)c(Br)c1. The Balaban J connectivity index is 1.94. The minimum atomic E-state index is -0.466. The highest BCUT2D eigenvalue weighted by Gasteiger charge is 2.03. The van der Waals surface area contributed by atoms with E-state index in [1.165, 1.54) is 18.3 Å². The van der Waals surface area contributed by atoms with Crippen LogP contribution in [-0.4, -0.2) is 12.1 Å². The largest absolute Gasteiger partial charge is 0.488 e. The molecule has 0 saturated heterocycles. The van der Waals surface area contributed by atoms with Crippen LogP contribution in [0.1, 0.15) is 17.5 Å². The third-order valence-corrected chi connectivity index (χ3v) is 3.53. The fourth-order valence-corrected chi connectivity index (χ4v) is 2.26. The van der Waals surface area contributed by atoms with E-state index in [0.29, 0.717) is 12.4 Å². The van der Waals surface area contributed by atoms with Gasteiger partial charge in [0.1, 0.15) is 24.6 Å². The summed E-state index contributed by atoms with van der Waals surface area (Å²) in [6.07, 6.45) is 1.22. The lowest BCUT2D eigenvalue weighted by Gasteiger charge is -2.09. The predicted octanol–water partition coefficient (Wildman–Crippen LogP) is 3.53. The molecule has 0 bridgehead atoms. The first kappa shape index (κ1) is 17.6. The summed E-state index contributed by atoms with van der Waals surface area (Å²) in [5, 5.41) is 12.1. The lowest BCUT2D eigenvalue weighted by molar-refractivity contribution is -0.120. The molecule has 1 N–H and O–H groups in total. The Morgan fingerprint density at radius 3 is 2.75 bits per heavy atom. The topological polar surface area (TPSA) is 74.5 Å². The second kappa shape index (κ2) is 8.79. The first-order valence-corrected chi connectivity index (χ1v) is 7.73. The Morgan fingerprint density at radius 2 is 2.08 bits per heavy atom. The van der Waals surface area contributed by atoms with Crippen molar-refractivity contribution in [1.29, 1.82) is 5.26 Å².